The number of hydrogen-bond acceptors (Lipinski definition) is 0. The van der Waals surface area contributed by atoms with Gasteiger partial charge in [0.05, 0.1) is 0 Å². The van der Waals surface area contributed by atoms with Crippen molar-refractivity contribution < 1.29 is 0 Å². The van der Waals surface area contributed by atoms with Crippen molar-refractivity contribution in [3.63, 3.8) is 0 Å². The Hall–Kier alpha value is 0.506. The van der Waals surface area contributed by atoms with E-state index >= 15 is 0 Å². The van der Waals surface area contributed by atoms with E-state index in [-0.39, 0.29) is 23.1 Å². The van der Waals surface area contributed by atoms with Crippen LogP contribution in [0.5, 0.6) is 0 Å². The minimum Gasteiger partial charge on any atom is -0.0859 e. The van der Waals surface area contributed by atoms with Gasteiger partial charge in [0.25, 0.3) is 0 Å². The molecule has 0 nitrogen and oxygen atoms in total. The maximum absolute atomic E-state index is 3.65. The number of rotatable bonds is 1. The molecule has 0 rings (SSSR count). The molecular weight excluding hydrogens is 96.4 g/mol. The third kappa shape index (κ3) is 10.7. The molecule has 0 saturated carbocycles. The van der Waals surface area contributed by atoms with E-state index in [1.165, 1.54) is 5.57 Å². The average Bonchev–Trinajstić information content (AvgIpc) is 1.35. The van der Waals surface area contributed by atoms with E-state index < -0.39 is 0 Å². The molecule has 0 aromatic carbocycles. The smallest absolute Gasteiger partial charge is 0.0859 e. The Morgan fingerprint density at radius 2 is 2.00 bits per heavy atom. The normalized spacial score (nSPS) is 6.71. The lowest BCUT2D eigenvalue weighted by Gasteiger charge is -1.80. The summed E-state index contributed by atoms with van der Waals surface area (Å²) < 4.78 is 0. The van der Waals surface area contributed by atoms with Gasteiger partial charge in [0.1, 0.15) is 0 Å². The average molecular weight is 109 g/mol. The third-order valence-corrected chi connectivity index (χ3v) is 0.553. The predicted molar refractivity (Wildman–Crippen MR) is 37.9 cm³/mol. The van der Waals surface area contributed by atoms with E-state index in [2.05, 4.69) is 26.8 Å². The third-order valence-electron chi connectivity index (χ3n) is 0.553. The Morgan fingerprint density at radius 1 is 1.57 bits per heavy atom. The second kappa shape index (κ2) is 6.51. The van der Waals surface area contributed by atoms with Gasteiger partial charge in [0.2, 0.25) is 0 Å². The lowest BCUT2D eigenvalue weighted by atomic mass is 10.3. The molecule has 0 atom stereocenters. The first-order valence-corrected chi connectivity index (χ1v) is 2.20. The van der Waals surface area contributed by atoms with E-state index in [1.54, 1.807) is 0 Å². The summed E-state index contributed by atoms with van der Waals surface area (Å²) in [6.45, 7) is 7.80. The molecule has 1 radical (unpaired) electrons. The molecule has 7 heavy (non-hydrogen) atoms. The van der Waals surface area contributed by atoms with Crippen LogP contribution in [0.4, 0.5) is 0 Å². The SMILES string of the molecule is [CH2]CC=C(C)C.[MgH2]. The van der Waals surface area contributed by atoms with E-state index in [1.807, 2.05) is 0 Å². The molecule has 0 unspecified atom stereocenters. The first-order chi connectivity index (χ1) is 2.77. The summed E-state index contributed by atoms with van der Waals surface area (Å²) in [4.78, 5) is 0. The van der Waals surface area contributed by atoms with E-state index in [0.717, 1.165) is 6.42 Å². The van der Waals surface area contributed by atoms with Crippen molar-refractivity contribution in [3.8, 4) is 0 Å². The molecule has 0 amide bonds. The fourth-order valence-electron chi connectivity index (χ4n) is 0.289. The molecule has 0 aliphatic rings. The minimum atomic E-state index is 0. The van der Waals surface area contributed by atoms with Gasteiger partial charge in [-0.2, -0.15) is 0 Å². The maximum atomic E-state index is 3.65. The van der Waals surface area contributed by atoms with Crippen molar-refractivity contribution in [2.75, 3.05) is 0 Å². The predicted octanol–water partition coefficient (Wildman–Crippen LogP) is 1.26. The van der Waals surface area contributed by atoms with Crippen LogP contribution in [0.25, 0.3) is 0 Å². The van der Waals surface area contributed by atoms with E-state index in [0.29, 0.717) is 0 Å². The van der Waals surface area contributed by atoms with Gasteiger partial charge in [-0.3, -0.25) is 0 Å². The molecule has 0 heterocycles. The molecule has 0 aromatic heterocycles. The van der Waals surface area contributed by atoms with Gasteiger partial charge in [-0.15, -0.1) is 0 Å². The Balaban J connectivity index is 0. The van der Waals surface area contributed by atoms with Crippen molar-refractivity contribution in [1.29, 1.82) is 0 Å². The highest BCUT2D eigenvalue weighted by atomic mass is 24.3. The summed E-state index contributed by atoms with van der Waals surface area (Å²) >= 11 is 0. The molecule has 0 aromatic rings. The van der Waals surface area contributed by atoms with Gasteiger partial charge in [-0.1, -0.05) is 11.6 Å². The molecule has 39 valence electrons. The standard InChI is InChI=1S/C6H11.Mg.2H/c1-4-5-6(2)3;;;/h5H,1,4H2,2-3H3;;;. The summed E-state index contributed by atoms with van der Waals surface area (Å²) in [5.41, 5.74) is 1.35. The van der Waals surface area contributed by atoms with Crippen molar-refractivity contribution in [1.82, 2.24) is 0 Å². The fraction of sp³-hybridized carbons (Fsp3) is 0.500. The van der Waals surface area contributed by atoms with Gasteiger partial charge < -0.3 is 0 Å². The van der Waals surface area contributed by atoms with Crippen LogP contribution in [0.15, 0.2) is 11.6 Å². The zero-order valence-corrected chi connectivity index (χ0v) is 4.49. The summed E-state index contributed by atoms with van der Waals surface area (Å²) in [6.07, 6.45) is 3.02. The molecule has 0 fully saturated rings. The zero-order valence-electron chi connectivity index (χ0n) is 4.49. The largest absolute Gasteiger partial charge is 0.316 e. The molecule has 0 spiro atoms. The summed E-state index contributed by atoms with van der Waals surface area (Å²) in [7, 11) is 0. The molecule has 0 aliphatic carbocycles. The van der Waals surface area contributed by atoms with Crippen LogP contribution in [0.3, 0.4) is 0 Å². The monoisotopic (exact) mass is 109 g/mol. The molecule has 0 saturated heterocycles. The topological polar surface area (TPSA) is 0 Å². The Bertz CT molecular complexity index is 51.2. The summed E-state index contributed by atoms with van der Waals surface area (Å²) in [6, 6.07) is 0. The van der Waals surface area contributed by atoms with Crippen LogP contribution in [0.1, 0.15) is 20.3 Å². The zero-order chi connectivity index (χ0) is 4.99. The van der Waals surface area contributed by atoms with E-state index in [9.17, 15) is 0 Å². The van der Waals surface area contributed by atoms with Crippen molar-refractivity contribution in [2.24, 2.45) is 0 Å². The molecule has 0 aliphatic heterocycles. The quantitative estimate of drug-likeness (QED) is 0.351. The maximum Gasteiger partial charge on any atom is 0.316 e. The second-order valence-corrected chi connectivity index (χ2v) is 1.57. The Morgan fingerprint density at radius 3 is 2.00 bits per heavy atom. The molecular formula is C6H13Mg. The first-order valence-electron chi connectivity index (χ1n) is 2.20. The van der Waals surface area contributed by atoms with Gasteiger partial charge in [-0.25, -0.2) is 0 Å². The summed E-state index contributed by atoms with van der Waals surface area (Å²) in [5.74, 6) is 0. The van der Waals surface area contributed by atoms with Gasteiger partial charge in [-0.05, 0) is 27.2 Å². The van der Waals surface area contributed by atoms with Gasteiger partial charge >= 0.3 is 23.1 Å². The van der Waals surface area contributed by atoms with Crippen LogP contribution >= 0.6 is 0 Å². The summed E-state index contributed by atoms with van der Waals surface area (Å²) in [5, 5.41) is 0. The fourth-order valence-corrected chi connectivity index (χ4v) is 0.289. The van der Waals surface area contributed by atoms with E-state index in [4.69, 9.17) is 0 Å². The van der Waals surface area contributed by atoms with Crippen LogP contribution in [-0.2, 0) is 0 Å². The molecule has 0 N–H and O–H groups in total. The Labute approximate surface area is 62.1 Å². The van der Waals surface area contributed by atoms with Crippen LogP contribution < -0.4 is 0 Å². The van der Waals surface area contributed by atoms with Crippen molar-refractivity contribution >= 4 is 23.1 Å². The number of allylic oxidation sites excluding steroid dienone is 2. The van der Waals surface area contributed by atoms with Gasteiger partial charge in [0.15, 0.2) is 0 Å². The van der Waals surface area contributed by atoms with Crippen LogP contribution in [-0.4, -0.2) is 23.1 Å². The highest BCUT2D eigenvalue weighted by molar-refractivity contribution is 5.75. The molecule has 1 heteroatoms. The van der Waals surface area contributed by atoms with Crippen LogP contribution in [0.2, 0.25) is 0 Å². The lowest BCUT2D eigenvalue weighted by Crippen LogP contribution is -1.58. The number of hydrogen-bond donors (Lipinski definition) is 0. The molecule has 0 bridgehead atoms. The first kappa shape index (κ1) is 10.5. The van der Waals surface area contributed by atoms with Crippen molar-refractivity contribution in [3.05, 3.63) is 18.6 Å². The highest BCUT2D eigenvalue weighted by Crippen LogP contribution is 1.88. The lowest BCUT2D eigenvalue weighted by molar-refractivity contribution is 1.28. The van der Waals surface area contributed by atoms with Crippen molar-refractivity contribution in [2.45, 2.75) is 20.3 Å². The van der Waals surface area contributed by atoms with Crippen LogP contribution in [0, 0.1) is 6.92 Å². The second-order valence-electron chi connectivity index (χ2n) is 1.57. The Kier molecular flexibility index (Phi) is 9.74. The van der Waals surface area contributed by atoms with Gasteiger partial charge in [0, 0.05) is 0 Å². The highest BCUT2D eigenvalue weighted by Gasteiger charge is 1.67. The minimum absolute atomic E-state index is 0.